The van der Waals surface area contributed by atoms with Crippen LogP contribution < -0.4 is 0 Å². The van der Waals surface area contributed by atoms with Gasteiger partial charge in [0.2, 0.25) is 0 Å². The van der Waals surface area contributed by atoms with Gasteiger partial charge >= 0.3 is 0 Å². The average Bonchev–Trinajstić information content (AvgIpc) is 3.14. The van der Waals surface area contributed by atoms with Gasteiger partial charge in [0.1, 0.15) is 5.82 Å². The summed E-state index contributed by atoms with van der Waals surface area (Å²) in [6, 6.07) is 12.8. The maximum atomic E-state index is 5.72. The van der Waals surface area contributed by atoms with Gasteiger partial charge in [-0.15, -0.1) is 0 Å². The summed E-state index contributed by atoms with van der Waals surface area (Å²) in [5, 5.41) is 0. The zero-order valence-electron chi connectivity index (χ0n) is 14.4. The van der Waals surface area contributed by atoms with Crippen LogP contribution in [0, 0.1) is 6.92 Å². The second-order valence-corrected chi connectivity index (χ2v) is 6.46. The Balaban J connectivity index is 1.55. The Hall–Kier alpha value is -2.50. The predicted molar refractivity (Wildman–Crippen MR) is 97.0 cm³/mol. The van der Waals surface area contributed by atoms with Gasteiger partial charge in [-0.3, -0.25) is 9.88 Å². The van der Waals surface area contributed by atoms with Gasteiger partial charge in [-0.1, -0.05) is 29.8 Å². The SMILES string of the molecule is Cc1ccc(-c2cnc([C@@H]3COCCN3Cc3ccncc3)[nH]2)cc1. The molecule has 1 aliphatic rings. The van der Waals surface area contributed by atoms with Crippen molar-refractivity contribution < 1.29 is 4.74 Å². The van der Waals surface area contributed by atoms with Gasteiger partial charge in [0.25, 0.3) is 0 Å². The van der Waals surface area contributed by atoms with Crippen molar-refractivity contribution in [1.29, 1.82) is 0 Å². The van der Waals surface area contributed by atoms with Crippen molar-refractivity contribution >= 4 is 0 Å². The standard InChI is InChI=1S/C20H22N4O/c1-15-2-4-17(5-3-15)18-12-22-20(23-18)19-14-25-11-10-24(19)13-16-6-8-21-9-7-16/h2-9,12,19H,10-11,13-14H2,1H3,(H,22,23)/t19-/m0/s1. The van der Waals surface area contributed by atoms with Crippen LogP contribution in [-0.2, 0) is 11.3 Å². The maximum Gasteiger partial charge on any atom is 0.126 e. The Labute approximate surface area is 147 Å². The summed E-state index contributed by atoms with van der Waals surface area (Å²) in [6.07, 6.45) is 5.60. The fourth-order valence-corrected chi connectivity index (χ4v) is 3.19. The molecule has 1 aromatic carbocycles. The van der Waals surface area contributed by atoms with E-state index in [1.54, 1.807) is 0 Å². The number of nitrogens with zero attached hydrogens (tertiary/aromatic N) is 3. The molecule has 0 saturated carbocycles. The van der Waals surface area contributed by atoms with Gasteiger partial charge in [-0.05, 0) is 30.2 Å². The average molecular weight is 334 g/mol. The number of morpholine rings is 1. The molecule has 0 spiro atoms. The first-order chi connectivity index (χ1) is 12.3. The number of benzene rings is 1. The van der Waals surface area contributed by atoms with Crippen molar-refractivity contribution in [2.75, 3.05) is 19.8 Å². The minimum atomic E-state index is 0.140. The van der Waals surface area contributed by atoms with Crippen molar-refractivity contribution in [3.05, 3.63) is 71.9 Å². The molecule has 5 heteroatoms. The van der Waals surface area contributed by atoms with Crippen LogP contribution >= 0.6 is 0 Å². The van der Waals surface area contributed by atoms with Crippen LogP contribution in [0.15, 0.2) is 55.0 Å². The highest BCUT2D eigenvalue weighted by atomic mass is 16.5. The summed E-state index contributed by atoms with van der Waals surface area (Å²) in [7, 11) is 0. The molecular weight excluding hydrogens is 312 g/mol. The van der Waals surface area contributed by atoms with E-state index < -0.39 is 0 Å². The molecule has 0 bridgehead atoms. The third kappa shape index (κ3) is 3.62. The van der Waals surface area contributed by atoms with E-state index in [-0.39, 0.29) is 6.04 Å². The topological polar surface area (TPSA) is 54.0 Å². The molecule has 1 N–H and O–H groups in total. The smallest absolute Gasteiger partial charge is 0.126 e. The molecular formula is C20H22N4O. The molecule has 1 fully saturated rings. The molecule has 3 aromatic rings. The monoisotopic (exact) mass is 334 g/mol. The number of imidazole rings is 1. The van der Waals surface area contributed by atoms with Crippen LogP contribution in [0.25, 0.3) is 11.3 Å². The minimum absolute atomic E-state index is 0.140. The van der Waals surface area contributed by atoms with Crippen molar-refractivity contribution in [2.45, 2.75) is 19.5 Å². The number of rotatable bonds is 4. The highest BCUT2D eigenvalue weighted by Gasteiger charge is 2.27. The third-order valence-corrected chi connectivity index (χ3v) is 4.65. The lowest BCUT2D eigenvalue weighted by Crippen LogP contribution is -2.39. The van der Waals surface area contributed by atoms with E-state index in [4.69, 9.17) is 4.74 Å². The van der Waals surface area contributed by atoms with E-state index in [9.17, 15) is 0 Å². The summed E-state index contributed by atoms with van der Waals surface area (Å²) in [5.41, 5.74) is 4.71. The van der Waals surface area contributed by atoms with Gasteiger partial charge in [0.05, 0.1) is 31.1 Å². The molecule has 0 amide bonds. The van der Waals surface area contributed by atoms with E-state index in [2.05, 4.69) is 63.2 Å². The molecule has 25 heavy (non-hydrogen) atoms. The number of pyridine rings is 1. The van der Waals surface area contributed by atoms with Gasteiger partial charge in [-0.2, -0.15) is 0 Å². The molecule has 1 aliphatic heterocycles. The van der Waals surface area contributed by atoms with Gasteiger partial charge in [0.15, 0.2) is 0 Å². The summed E-state index contributed by atoms with van der Waals surface area (Å²) >= 11 is 0. The van der Waals surface area contributed by atoms with Gasteiger partial charge in [-0.25, -0.2) is 4.98 Å². The lowest BCUT2D eigenvalue weighted by molar-refractivity contribution is -0.0156. The second kappa shape index (κ2) is 7.17. The summed E-state index contributed by atoms with van der Waals surface area (Å²) in [6.45, 7) is 5.28. The highest BCUT2D eigenvalue weighted by Crippen LogP contribution is 2.26. The molecule has 1 saturated heterocycles. The number of H-pyrrole nitrogens is 1. The number of aromatic nitrogens is 3. The molecule has 5 nitrogen and oxygen atoms in total. The molecule has 3 heterocycles. The Morgan fingerprint density at radius 3 is 2.76 bits per heavy atom. The largest absolute Gasteiger partial charge is 0.378 e. The molecule has 0 radical (unpaired) electrons. The van der Waals surface area contributed by atoms with Crippen LogP contribution in [0.5, 0.6) is 0 Å². The fraction of sp³-hybridized carbons (Fsp3) is 0.300. The van der Waals surface area contributed by atoms with Gasteiger partial charge in [0, 0.05) is 25.5 Å². The second-order valence-electron chi connectivity index (χ2n) is 6.46. The number of hydrogen-bond donors (Lipinski definition) is 1. The first kappa shape index (κ1) is 16.0. The number of aryl methyl sites for hydroxylation is 1. The molecule has 2 aromatic heterocycles. The first-order valence-corrected chi connectivity index (χ1v) is 8.62. The van der Waals surface area contributed by atoms with Crippen molar-refractivity contribution in [1.82, 2.24) is 19.9 Å². The maximum absolute atomic E-state index is 5.72. The van der Waals surface area contributed by atoms with Crippen molar-refractivity contribution in [3.8, 4) is 11.3 Å². The number of hydrogen-bond acceptors (Lipinski definition) is 4. The summed E-state index contributed by atoms with van der Waals surface area (Å²) in [5.74, 6) is 0.962. The number of aromatic amines is 1. The third-order valence-electron chi connectivity index (χ3n) is 4.65. The van der Waals surface area contributed by atoms with Crippen molar-refractivity contribution in [2.24, 2.45) is 0 Å². The van der Waals surface area contributed by atoms with Crippen LogP contribution in [0.1, 0.15) is 23.0 Å². The highest BCUT2D eigenvalue weighted by molar-refractivity contribution is 5.58. The predicted octanol–water partition coefficient (Wildman–Crippen LogP) is 3.35. The molecule has 0 unspecified atom stereocenters. The molecule has 0 aliphatic carbocycles. The Morgan fingerprint density at radius 1 is 1.16 bits per heavy atom. The van der Waals surface area contributed by atoms with E-state index in [1.165, 1.54) is 11.1 Å². The van der Waals surface area contributed by atoms with Crippen LogP contribution in [-0.4, -0.2) is 39.6 Å². The quantitative estimate of drug-likeness (QED) is 0.795. The van der Waals surface area contributed by atoms with E-state index >= 15 is 0 Å². The van der Waals surface area contributed by atoms with Crippen LogP contribution in [0.2, 0.25) is 0 Å². The van der Waals surface area contributed by atoms with Crippen LogP contribution in [0.4, 0.5) is 0 Å². The lowest BCUT2D eigenvalue weighted by atomic mass is 10.1. The van der Waals surface area contributed by atoms with Crippen LogP contribution in [0.3, 0.4) is 0 Å². The fourth-order valence-electron chi connectivity index (χ4n) is 3.19. The van der Waals surface area contributed by atoms with Crippen molar-refractivity contribution in [3.63, 3.8) is 0 Å². The number of nitrogens with one attached hydrogen (secondary N) is 1. The molecule has 128 valence electrons. The molecule has 1 atom stereocenters. The zero-order chi connectivity index (χ0) is 17.1. The molecule has 4 rings (SSSR count). The Kier molecular flexibility index (Phi) is 4.59. The normalized spacial score (nSPS) is 18.4. The summed E-state index contributed by atoms with van der Waals surface area (Å²) in [4.78, 5) is 14.6. The van der Waals surface area contributed by atoms with E-state index in [0.717, 1.165) is 36.8 Å². The zero-order valence-corrected chi connectivity index (χ0v) is 14.4. The Morgan fingerprint density at radius 2 is 1.96 bits per heavy atom. The first-order valence-electron chi connectivity index (χ1n) is 8.62. The van der Waals surface area contributed by atoms with E-state index in [1.807, 2.05) is 18.6 Å². The number of ether oxygens (including phenoxy) is 1. The summed E-state index contributed by atoms with van der Waals surface area (Å²) < 4.78 is 5.72. The van der Waals surface area contributed by atoms with Gasteiger partial charge < -0.3 is 9.72 Å². The minimum Gasteiger partial charge on any atom is -0.378 e. The van der Waals surface area contributed by atoms with E-state index in [0.29, 0.717) is 6.61 Å². The lowest BCUT2D eigenvalue weighted by Gasteiger charge is -2.34. The Bertz CT molecular complexity index is 813.